The van der Waals surface area contributed by atoms with Gasteiger partial charge >= 0.3 is 0 Å². The van der Waals surface area contributed by atoms with Crippen LogP contribution in [0.15, 0.2) is 42.5 Å². The van der Waals surface area contributed by atoms with Crippen LogP contribution < -0.4 is 10.6 Å². The third-order valence-corrected chi connectivity index (χ3v) is 3.68. The molecular formula is C16H18N2. The minimum atomic E-state index is 0.208. The van der Waals surface area contributed by atoms with E-state index in [-0.39, 0.29) is 6.17 Å². The van der Waals surface area contributed by atoms with Gasteiger partial charge in [-0.05, 0) is 42.2 Å². The highest BCUT2D eigenvalue weighted by atomic mass is 15.1. The number of para-hydroxylation sites is 1. The molecule has 1 unspecified atom stereocenters. The molecule has 1 aliphatic rings. The van der Waals surface area contributed by atoms with Crippen molar-refractivity contribution in [2.45, 2.75) is 26.6 Å². The molecule has 0 saturated carbocycles. The van der Waals surface area contributed by atoms with Gasteiger partial charge in [0, 0.05) is 12.2 Å². The van der Waals surface area contributed by atoms with E-state index in [1.54, 1.807) is 0 Å². The van der Waals surface area contributed by atoms with Gasteiger partial charge in [0.25, 0.3) is 0 Å². The third-order valence-electron chi connectivity index (χ3n) is 3.68. The van der Waals surface area contributed by atoms with Gasteiger partial charge in [0.15, 0.2) is 0 Å². The van der Waals surface area contributed by atoms with Crippen LogP contribution in [0.5, 0.6) is 0 Å². The summed E-state index contributed by atoms with van der Waals surface area (Å²) in [6.45, 7) is 5.23. The predicted octanol–water partition coefficient (Wildman–Crippen LogP) is 3.52. The van der Waals surface area contributed by atoms with E-state index in [9.17, 15) is 0 Å². The Morgan fingerprint density at radius 2 is 1.83 bits per heavy atom. The quantitative estimate of drug-likeness (QED) is 0.794. The smallest absolute Gasteiger partial charge is 0.103 e. The Hall–Kier alpha value is -1.80. The number of rotatable bonds is 1. The number of hydrogen-bond donors (Lipinski definition) is 2. The summed E-state index contributed by atoms with van der Waals surface area (Å²) >= 11 is 0. The summed E-state index contributed by atoms with van der Waals surface area (Å²) in [5.41, 5.74) is 6.55. The molecular weight excluding hydrogens is 220 g/mol. The van der Waals surface area contributed by atoms with Gasteiger partial charge in [0.1, 0.15) is 6.17 Å². The summed E-state index contributed by atoms with van der Waals surface area (Å²) in [5.74, 6) is 0. The summed E-state index contributed by atoms with van der Waals surface area (Å²) in [5, 5.41) is 7.08. The molecule has 0 amide bonds. The zero-order chi connectivity index (χ0) is 12.5. The Balaban J connectivity index is 1.89. The van der Waals surface area contributed by atoms with Crippen molar-refractivity contribution < 1.29 is 0 Å². The number of aryl methyl sites for hydroxylation is 2. The first-order chi connectivity index (χ1) is 8.74. The van der Waals surface area contributed by atoms with Crippen LogP contribution in [0.2, 0.25) is 0 Å². The first-order valence-corrected chi connectivity index (χ1v) is 6.39. The van der Waals surface area contributed by atoms with Crippen molar-refractivity contribution in [2.75, 3.05) is 5.32 Å². The SMILES string of the molecule is Cc1ccc(C2NCc3ccccc3N2)cc1C. The molecule has 18 heavy (non-hydrogen) atoms. The van der Waals surface area contributed by atoms with Crippen molar-refractivity contribution in [2.24, 2.45) is 0 Å². The lowest BCUT2D eigenvalue weighted by Crippen LogP contribution is -2.32. The van der Waals surface area contributed by atoms with Crippen molar-refractivity contribution in [3.8, 4) is 0 Å². The minimum absolute atomic E-state index is 0.208. The highest BCUT2D eigenvalue weighted by molar-refractivity contribution is 5.54. The summed E-state index contributed by atoms with van der Waals surface area (Å²) in [4.78, 5) is 0. The fourth-order valence-corrected chi connectivity index (χ4v) is 2.38. The molecule has 2 aromatic carbocycles. The van der Waals surface area contributed by atoms with Crippen molar-refractivity contribution in [1.29, 1.82) is 0 Å². The van der Waals surface area contributed by atoms with E-state index >= 15 is 0 Å². The maximum Gasteiger partial charge on any atom is 0.103 e. The average molecular weight is 238 g/mol. The van der Waals surface area contributed by atoms with Crippen molar-refractivity contribution in [3.05, 3.63) is 64.7 Å². The van der Waals surface area contributed by atoms with Crippen molar-refractivity contribution >= 4 is 5.69 Å². The molecule has 0 aliphatic carbocycles. The number of anilines is 1. The molecule has 0 bridgehead atoms. The Bertz CT molecular complexity index is 575. The minimum Gasteiger partial charge on any atom is -0.366 e. The number of hydrogen-bond acceptors (Lipinski definition) is 2. The molecule has 0 aromatic heterocycles. The van der Waals surface area contributed by atoms with Crippen LogP contribution in [0.4, 0.5) is 5.69 Å². The van der Waals surface area contributed by atoms with E-state index in [2.05, 4.69) is 66.9 Å². The van der Waals surface area contributed by atoms with Gasteiger partial charge in [-0.25, -0.2) is 0 Å². The fourth-order valence-electron chi connectivity index (χ4n) is 2.38. The van der Waals surface area contributed by atoms with Crippen molar-refractivity contribution in [3.63, 3.8) is 0 Å². The maximum atomic E-state index is 3.55. The second-order valence-corrected chi connectivity index (χ2v) is 4.96. The van der Waals surface area contributed by atoms with Crippen LogP contribution in [0.3, 0.4) is 0 Å². The molecule has 1 atom stereocenters. The van der Waals surface area contributed by atoms with Crippen LogP contribution in [-0.4, -0.2) is 0 Å². The van der Waals surface area contributed by atoms with Crippen LogP contribution in [0.25, 0.3) is 0 Å². The first kappa shape index (κ1) is 11.3. The predicted molar refractivity (Wildman–Crippen MR) is 75.6 cm³/mol. The standard InChI is InChI=1S/C16H18N2/c1-11-7-8-13(9-12(11)2)16-17-10-14-5-3-4-6-15(14)18-16/h3-9,16-18H,10H2,1-2H3. The molecule has 0 radical (unpaired) electrons. The molecule has 2 aromatic rings. The van der Waals surface area contributed by atoms with E-state index in [1.807, 2.05) is 0 Å². The molecule has 0 spiro atoms. The Morgan fingerprint density at radius 1 is 1.00 bits per heavy atom. The number of nitrogens with one attached hydrogen (secondary N) is 2. The van der Waals surface area contributed by atoms with E-state index in [1.165, 1.54) is 27.9 Å². The van der Waals surface area contributed by atoms with E-state index in [4.69, 9.17) is 0 Å². The fraction of sp³-hybridized carbons (Fsp3) is 0.250. The van der Waals surface area contributed by atoms with E-state index in [0.717, 1.165) is 6.54 Å². The van der Waals surface area contributed by atoms with Crippen molar-refractivity contribution in [1.82, 2.24) is 5.32 Å². The first-order valence-electron chi connectivity index (χ1n) is 6.39. The second kappa shape index (κ2) is 4.46. The summed E-state index contributed by atoms with van der Waals surface area (Å²) < 4.78 is 0. The summed E-state index contributed by atoms with van der Waals surface area (Å²) in [6.07, 6.45) is 0.208. The largest absolute Gasteiger partial charge is 0.366 e. The monoisotopic (exact) mass is 238 g/mol. The maximum absolute atomic E-state index is 3.55. The van der Waals surface area contributed by atoms with E-state index < -0.39 is 0 Å². The molecule has 2 nitrogen and oxygen atoms in total. The molecule has 1 aliphatic heterocycles. The molecule has 2 heteroatoms. The normalized spacial score (nSPS) is 18.0. The lowest BCUT2D eigenvalue weighted by Gasteiger charge is -2.29. The van der Waals surface area contributed by atoms with Crippen LogP contribution in [0, 0.1) is 13.8 Å². The molecule has 0 fully saturated rings. The van der Waals surface area contributed by atoms with Gasteiger partial charge < -0.3 is 5.32 Å². The number of fused-ring (bicyclic) bond motifs is 1. The molecule has 92 valence electrons. The van der Waals surface area contributed by atoms with Crippen LogP contribution in [0.1, 0.15) is 28.4 Å². The Kier molecular flexibility index (Phi) is 2.80. The third kappa shape index (κ3) is 2.00. The highest BCUT2D eigenvalue weighted by Gasteiger charge is 2.17. The van der Waals surface area contributed by atoms with Gasteiger partial charge in [0.2, 0.25) is 0 Å². The lowest BCUT2D eigenvalue weighted by atomic mass is 10.0. The van der Waals surface area contributed by atoms with Crippen LogP contribution >= 0.6 is 0 Å². The highest BCUT2D eigenvalue weighted by Crippen LogP contribution is 2.26. The Labute approximate surface area is 108 Å². The van der Waals surface area contributed by atoms with Gasteiger partial charge in [0.05, 0.1) is 0 Å². The van der Waals surface area contributed by atoms with Gasteiger partial charge in [-0.3, -0.25) is 5.32 Å². The molecule has 2 N–H and O–H groups in total. The van der Waals surface area contributed by atoms with Gasteiger partial charge in [-0.2, -0.15) is 0 Å². The van der Waals surface area contributed by atoms with Crippen LogP contribution in [-0.2, 0) is 6.54 Å². The molecule has 3 rings (SSSR count). The van der Waals surface area contributed by atoms with Gasteiger partial charge in [-0.1, -0.05) is 36.4 Å². The second-order valence-electron chi connectivity index (χ2n) is 4.96. The average Bonchev–Trinajstić information content (AvgIpc) is 2.41. The van der Waals surface area contributed by atoms with Gasteiger partial charge in [-0.15, -0.1) is 0 Å². The topological polar surface area (TPSA) is 24.1 Å². The zero-order valence-electron chi connectivity index (χ0n) is 10.8. The summed E-state index contributed by atoms with van der Waals surface area (Å²) in [6, 6.07) is 15.1. The molecule has 1 heterocycles. The van der Waals surface area contributed by atoms with E-state index in [0.29, 0.717) is 0 Å². The zero-order valence-corrected chi connectivity index (χ0v) is 10.8. The lowest BCUT2D eigenvalue weighted by molar-refractivity contribution is 0.565. The summed E-state index contributed by atoms with van der Waals surface area (Å²) in [7, 11) is 0. The Morgan fingerprint density at radius 3 is 2.67 bits per heavy atom. The number of benzene rings is 2. The molecule has 0 saturated heterocycles.